The summed E-state index contributed by atoms with van der Waals surface area (Å²) in [5.41, 5.74) is 2.23. The summed E-state index contributed by atoms with van der Waals surface area (Å²) in [6.07, 6.45) is 0. The van der Waals surface area contributed by atoms with E-state index in [0.717, 1.165) is 21.9 Å². The maximum atomic E-state index is 12.8. The molecule has 0 aliphatic carbocycles. The fourth-order valence-electron chi connectivity index (χ4n) is 3.37. The monoisotopic (exact) mass is 497 g/mol. The van der Waals surface area contributed by atoms with Gasteiger partial charge in [-0.15, -0.1) is 0 Å². The maximum Gasteiger partial charge on any atom is 0.261 e. The van der Waals surface area contributed by atoms with Gasteiger partial charge in [0.1, 0.15) is 12.4 Å². The highest BCUT2D eigenvalue weighted by molar-refractivity contribution is 7.92. The van der Waals surface area contributed by atoms with Crippen LogP contribution in [0.2, 0.25) is 5.02 Å². The Kier molecular flexibility index (Phi) is 5.53. The van der Waals surface area contributed by atoms with Crippen LogP contribution < -0.4 is 14.8 Å². The fraction of sp³-hybridized carbons (Fsp3) is 0.0435. The summed E-state index contributed by atoms with van der Waals surface area (Å²) in [7, 11) is -3.83. The molecule has 0 atom stereocenters. The number of para-hydroxylation sites is 1. The lowest BCUT2D eigenvalue weighted by Crippen LogP contribution is -2.15. The smallest absolute Gasteiger partial charge is 0.261 e. The Morgan fingerprint density at radius 1 is 1.03 bits per heavy atom. The molecule has 1 aliphatic rings. The Bertz CT molecular complexity index is 1470. The number of aromatic nitrogens is 1. The number of rotatable bonds is 5. The Morgan fingerprint density at radius 2 is 1.82 bits per heavy atom. The second kappa shape index (κ2) is 8.51. The van der Waals surface area contributed by atoms with E-state index in [4.69, 9.17) is 16.3 Å². The van der Waals surface area contributed by atoms with E-state index in [0.29, 0.717) is 16.8 Å². The first-order valence-corrected chi connectivity index (χ1v) is 12.5. The summed E-state index contributed by atoms with van der Waals surface area (Å²) in [6, 6.07) is 19.7. The number of halogens is 1. The van der Waals surface area contributed by atoms with Crippen LogP contribution in [0.15, 0.2) is 77.7 Å². The summed E-state index contributed by atoms with van der Waals surface area (Å²) in [5.74, 6) is 0.358. The number of nitrogens with zero attached hydrogens (tertiary/aromatic N) is 1. The van der Waals surface area contributed by atoms with Gasteiger partial charge in [0.15, 0.2) is 5.13 Å². The Balaban J connectivity index is 1.34. The number of anilines is 2. The summed E-state index contributed by atoms with van der Waals surface area (Å²) in [6.45, 7) is 0.391. The van der Waals surface area contributed by atoms with Gasteiger partial charge < -0.3 is 4.74 Å². The zero-order valence-corrected chi connectivity index (χ0v) is 19.3. The lowest BCUT2D eigenvalue weighted by Gasteiger charge is -2.15. The molecule has 10 heteroatoms. The van der Waals surface area contributed by atoms with E-state index >= 15 is 0 Å². The molecule has 0 saturated heterocycles. The molecule has 166 valence electrons. The summed E-state index contributed by atoms with van der Waals surface area (Å²) in [5, 5.41) is 3.67. The summed E-state index contributed by atoms with van der Waals surface area (Å²) in [4.78, 5) is 18.4. The second-order valence-corrected chi connectivity index (χ2v) is 10.4. The van der Waals surface area contributed by atoms with Crippen LogP contribution in [0.4, 0.5) is 10.8 Å². The molecule has 7 nitrogen and oxygen atoms in total. The number of sulfonamides is 1. The van der Waals surface area contributed by atoms with Gasteiger partial charge in [-0.3, -0.25) is 14.8 Å². The van der Waals surface area contributed by atoms with E-state index in [1.165, 1.54) is 41.7 Å². The first kappa shape index (κ1) is 21.4. The molecule has 1 aliphatic heterocycles. The maximum absolute atomic E-state index is 12.8. The largest absolute Gasteiger partial charge is 0.487 e. The third-order valence-electron chi connectivity index (χ3n) is 4.92. The molecule has 33 heavy (non-hydrogen) atoms. The standard InChI is InChI=1S/C23H16ClN3O4S2/c24-15-8-10-17(11-9-15)33(29,30)27-16-5-3-4-14(12-16)22(28)26-23-25-21-18-6-1-2-7-19(18)31-13-20(21)32-23/h1-12,27H,13H2,(H,25,26,28). The Morgan fingerprint density at radius 3 is 2.64 bits per heavy atom. The lowest BCUT2D eigenvalue weighted by atomic mass is 10.1. The highest BCUT2D eigenvalue weighted by Crippen LogP contribution is 2.40. The number of ether oxygens (including phenoxy) is 1. The number of fused-ring (bicyclic) bond motifs is 3. The molecule has 0 fully saturated rings. The van der Waals surface area contributed by atoms with Crippen molar-refractivity contribution in [2.24, 2.45) is 0 Å². The van der Waals surface area contributed by atoms with Crippen molar-refractivity contribution < 1.29 is 17.9 Å². The van der Waals surface area contributed by atoms with E-state index in [1.807, 2.05) is 24.3 Å². The second-order valence-electron chi connectivity index (χ2n) is 7.17. The van der Waals surface area contributed by atoms with Gasteiger partial charge in [0, 0.05) is 21.8 Å². The van der Waals surface area contributed by atoms with Crippen molar-refractivity contribution in [1.29, 1.82) is 0 Å². The van der Waals surface area contributed by atoms with Crippen molar-refractivity contribution in [3.63, 3.8) is 0 Å². The topological polar surface area (TPSA) is 97.4 Å². The third kappa shape index (κ3) is 4.43. The van der Waals surface area contributed by atoms with Crippen molar-refractivity contribution in [3.8, 4) is 17.0 Å². The highest BCUT2D eigenvalue weighted by Gasteiger charge is 2.23. The zero-order valence-electron chi connectivity index (χ0n) is 16.9. The minimum atomic E-state index is -3.83. The van der Waals surface area contributed by atoms with E-state index in [9.17, 15) is 13.2 Å². The predicted octanol–water partition coefficient (Wildman–Crippen LogP) is 5.41. The third-order valence-corrected chi connectivity index (χ3v) is 7.51. The van der Waals surface area contributed by atoms with Gasteiger partial charge in [-0.25, -0.2) is 13.4 Å². The van der Waals surface area contributed by atoms with Gasteiger partial charge in [-0.1, -0.05) is 41.1 Å². The van der Waals surface area contributed by atoms with Crippen LogP contribution in [-0.4, -0.2) is 19.3 Å². The summed E-state index contributed by atoms with van der Waals surface area (Å²) >= 11 is 7.18. The summed E-state index contributed by atoms with van der Waals surface area (Å²) < 4.78 is 33.5. The quantitative estimate of drug-likeness (QED) is 0.384. The minimum absolute atomic E-state index is 0.0672. The first-order chi connectivity index (χ1) is 15.9. The van der Waals surface area contributed by atoms with Crippen LogP contribution in [0.25, 0.3) is 11.3 Å². The van der Waals surface area contributed by atoms with Gasteiger partial charge in [-0.05, 0) is 54.6 Å². The average Bonchev–Trinajstić information content (AvgIpc) is 3.22. The number of carbonyl (C=O) groups excluding carboxylic acids is 1. The molecule has 1 aromatic heterocycles. The zero-order chi connectivity index (χ0) is 23.0. The van der Waals surface area contributed by atoms with Crippen LogP contribution in [0, 0.1) is 0 Å². The van der Waals surface area contributed by atoms with Crippen LogP contribution >= 0.6 is 22.9 Å². The van der Waals surface area contributed by atoms with Crippen molar-refractivity contribution in [1.82, 2.24) is 4.98 Å². The molecule has 2 N–H and O–H groups in total. The number of benzene rings is 3. The molecule has 0 radical (unpaired) electrons. The van der Waals surface area contributed by atoms with Gasteiger partial charge in [0.25, 0.3) is 15.9 Å². The van der Waals surface area contributed by atoms with Crippen LogP contribution in [0.1, 0.15) is 15.2 Å². The molecule has 0 bridgehead atoms. The number of amides is 1. The average molecular weight is 498 g/mol. The van der Waals surface area contributed by atoms with E-state index < -0.39 is 15.9 Å². The predicted molar refractivity (Wildman–Crippen MR) is 129 cm³/mol. The van der Waals surface area contributed by atoms with Gasteiger partial charge in [0.2, 0.25) is 0 Å². The number of carbonyl (C=O) groups is 1. The molecule has 0 saturated carbocycles. The van der Waals surface area contributed by atoms with E-state index in [1.54, 1.807) is 18.2 Å². The fourth-order valence-corrected chi connectivity index (χ4v) is 5.43. The number of hydrogen-bond donors (Lipinski definition) is 2. The number of nitrogens with one attached hydrogen (secondary N) is 2. The van der Waals surface area contributed by atoms with Gasteiger partial charge in [0.05, 0.1) is 15.5 Å². The lowest BCUT2D eigenvalue weighted by molar-refractivity contribution is 0.102. The molecule has 1 amide bonds. The van der Waals surface area contributed by atoms with Crippen molar-refractivity contribution >= 4 is 49.7 Å². The number of thiazole rings is 1. The van der Waals surface area contributed by atoms with Crippen LogP contribution in [0.3, 0.4) is 0 Å². The SMILES string of the molecule is O=C(Nc1nc2c(s1)COc1ccccc1-2)c1cccc(NS(=O)(=O)c2ccc(Cl)cc2)c1. The minimum Gasteiger partial charge on any atom is -0.487 e. The molecule has 2 heterocycles. The van der Waals surface area contributed by atoms with Crippen LogP contribution in [0.5, 0.6) is 5.75 Å². The van der Waals surface area contributed by atoms with Crippen molar-refractivity contribution in [3.05, 3.63) is 88.3 Å². The van der Waals surface area contributed by atoms with E-state index in [-0.39, 0.29) is 16.1 Å². The number of hydrogen-bond acceptors (Lipinski definition) is 6. The molecule has 0 unspecified atom stereocenters. The normalized spacial score (nSPS) is 12.3. The highest BCUT2D eigenvalue weighted by atomic mass is 35.5. The van der Waals surface area contributed by atoms with Gasteiger partial charge >= 0.3 is 0 Å². The molecular weight excluding hydrogens is 482 g/mol. The molecule has 5 rings (SSSR count). The first-order valence-electron chi connectivity index (χ1n) is 9.81. The van der Waals surface area contributed by atoms with E-state index in [2.05, 4.69) is 15.0 Å². The molecule has 4 aromatic rings. The Hall–Kier alpha value is -3.40. The molecular formula is C23H16ClN3O4S2. The molecule has 0 spiro atoms. The molecule has 3 aromatic carbocycles. The Labute approximate surface area is 199 Å². The van der Waals surface area contributed by atoms with Crippen molar-refractivity contribution in [2.75, 3.05) is 10.0 Å². The van der Waals surface area contributed by atoms with Crippen LogP contribution in [-0.2, 0) is 16.6 Å². The van der Waals surface area contributed by atoms with Crippen molar-refractivity contribution in [2.45, 2.75) is 11.5 Å². The van der Waals surface area contributed by atoms with Gasteiger partial charge in [-0.2, -0.15) is 0 Å².